The minimum atomic E-state index is -4.18. The number of dihydropyridines is 1. The van der Waals surface area contributed by atoms with Gasteiger partial charge >= 0.3 is 6.18 Å². The zero-order valence-corrected chi connectivity index (χ0v) is 21.4. The lowest BCUT2D eigenvalue weighted by molar-refractivity contribution is -0.171. The van der Waals surface area contributed by atoms with Gasteiger partial charge in [0.05, 0.1) is 35.1 Å². The van der Waals surface area contributed by atoms with Crippen LogP contribution in [0.1, 0.15) is 39.0 Å². The van der Waals surface area contributed by atoms with Crippen LogP contribution in [-0.4, -0.2) is 29.2 Å². The highest BCUT2D eigenvalue weighted by Gasteiger charge is 2.42. The molecule has 10 heteroatoms. The summed E-state index contributed by atoms with van der Waals surface area (Å²) in [5.41, 5.74) is 2.51. The number of nitrogens with zero attached hydrogens (tertiary/aromatic N) is 4. The number of halogens is 5. The van der Waals surface area contributed by atoms with Crippen LogP contribution in [0.5, 0.6) is 0 Å². The first kappa shape index (κ1) is 26.4. The summed E-state index contributed by atoms with van der Waals surface area (Å²) in [5, 5.41) is 10.1. The van der Waals surface area contributed by atoms with E-state index in [1.165, 1.54) is 36.9 Å². The molecule has 1 fully saturated rings. The van der Waals surface area contributed by atoms with Crippen LogP contribution in [0.4, 0.5) is 27.8 Å². The Morgan fingerprint density at radius 2 is 2.03 bits per heavy atom. The van der Waals surface area contributed by atoms with Crippen molar-refractivity contribution in [3.63, 3.8) is 0 Å². The van der Waals surface area contributed by atoms with E-state index in [9.17, 15) is 27.2 Å². The number of pyridine rings is 1. The van der Waals surface area contributed by atoms with Gasteiger partial charge in [0.1, 0.15) is 23.5 Å². The molecule has 3 heterocycles. The number of aliphatic imine (C=N–C) groups is 1. The number of anilines is 1. The summed E-state index contributed by atoms with van der Waals surface area (Å²) in [7, 11) is 0. The van der Waals surface area contributed by atoms with E-state index in [-0.39, 0.29) is 18.2 Å². The molecule has 1 unspecified atom stereocenters. The lowest BCUT2D eigenvalue weighted by Crippen LogP contribution is -2.32. The highest BCUT2D eigenvalue weighted by atomic mass is 32.2. The molecule has 0 aromatic carbocycles. The predicted molar refractivity (Wildman–Crippen MR) is 138 cm³/mol. The first-order chi connectivity index (χ1) is 18.2. The van der Waals surface area contributed by atoms with E-state index < -0.39 is 24.0 Å². The van der Waals surface area contributed by atoms with Crippen molar-refractivity contribution in [1.29, 1.82) is 5.26 Å². The lowest BCUT2D eigenvalue weighted by atomic mass is 9.93. The van der Waals surface area contributed by atoms with E-state index in [0.29, 0.717) is 52.5 Å². The second kappa shape index (κ2) is 10.5. The van der Waals surface area contributed by atoms with Crippen LogP contribution in [0.25, 0.3) is 0 Å². The molecule has 2 aliphatic carbocycles. The van der Waals surface area contributed by atoms with E-state index in [2.05, 4.69) is 16.0 Å². The molecule has 1 aromatic heterocycles. The Morgan fingerprint density at radius 1 is 1.24 bits per heavy atom. The van der Waals surface area contributed by atoms with Crippen LogP contribution in [0.3, 0.4) is 0 Å². The topological polar surface area (TPSA) is 52.3 Å². The van der Waals surface area contributed by atoms with E-state index in [1.54, 1.807) is 6.21 Å². The molecule has 0 spiro atoms. The summed E-state index contributed by atoms with van der Waals surface area (Å²) in [5.74, 6) is -1.06. The highest BCUT2D eigenvalue weighted by Crippen LogP contribution is 2.48. The fourth-order valence-corrected chi connectivity index (χ4v) is 5.69. The maximum absolute atomic E-state index is 15.0. The van der Waals surface area contributed by atoms with Crippen molar-refractivity contribution in [2.75, 3.05) is 10.7 Å². The van der Waals surface area contributed by atoms with Gasteiger partial charge < -0.3 is 4.90 Å². The van der Waals surface area contributed by atoms with Crippen molar-refractivity contribution in [2.45, 2.75) is 51.2 Å². The summed E-state index contributed by atoms with van der Waals surface area (Å²) in [6.45, 7) is 1.19. The van der Waals surface area contributed by atoms with Crippen LogP contribution in [0, 0.1) is 29.0 Å². The molecular formula is C28H25F5N4S. The summed E-state index contributed by atoms with van der Waals surface area (Å²) in [6, 6.07) is 4.57. The van der Waals surface area contributed by atoms with Gasteiger partial charge in [-0.1, -0.05) is 19.1 Å². The zero-order chi connectivity index (χ0) is 27.0. The summed E-state index contributed by atoms with van der Waals surface area (Å²) in [4.78, 5) is 11.5. The van der Waals surface area contributed by atoms with Crippen molar-refractivity contribution in [1.82, 2.24) is 4.98 Å². The predicted octanol–water partition coefficient (Wildman–Crippen LogP) is 7.71. The van der Waals surface area contributed by atoms with Crippen molar-refractivity contribution >= 4 is 23.8 Å². The van der Waals surface area contributed by atoms with E-state index in [4.69, 9.17) is 0 Å². The molecule has 2 atom stereocenters. The molecule has 38 heavy (non-hydrogen) atoms. The third-order valence-corrected chi connectivity index (χ3v) is 8.17. The molecule has 1 saturated carbocycles. The first-order valence-electron chi connectivity index (χ1n) is 12.5. The molecule has 5 rings (SSSR count). The standard InChI is InChI=1S/C28H25F5N4S/c1-16(28(31,32)33)3-2-10-38-19-7-8-24(35-15-19)27-22(13-34)21-11-23(30)20(17-4-5-17)12-25(21)37(27)26-9-6-18(29)14-36-26/h6-7,9,11-12,14-17,25H,2-5,8,10H2,1H3/t16-,25?/m1/s1. The van der Waals surface area contributed by atoms with Crippen LogP contribution in [0.2, 0.25) is 0 Å². The second-order valence-electron chi connectivity index (χ2n) is 9.78. The summed E-state index contributed by atoms with van der Waals surface area (Å²) < 4.78 is 66.9. The zero-order valence-electron chi connectivity index (χ0n) is 20.6. The molecule has 4 nitrogen and oxygen atoms in total. The van der Waals surface area contributed by atoms with E-state index >= 15 is 0 Å². The van der Waals surface area contributed by atoms with Gasteiger partial charge in [-0.15, -0.1) is 11.8 Å². The number of hydrogen-bond acceptors (Lipinski definition) is 5. The largest absolute Gasteiger partial charge is 0.391 e. The normalized spacial score (nSPS) is 24.1. The van der Waals surface area contributed by atoms with E-state index in [0.717, 1.165) is 23.9 Å². The van der Waals surface area contributed by atoms with Gasteiger partial charge in [0.15, 0.2) is 0 Å². The Morgan fingerprint density at radius 3 is 2.63 bits per heavy atom. The molecule has 2 aliphatic heterocycles. The van der Waals surface area contributed by atoms with Crippen LogP contribution < -0.4 is 4.90 Å². The number of aromatic nitrogens is 1. The number of rotatable bonds is 7. The molecule has 0 radical (unpaired) electrons. The Labute approximate surface area is 222 Å². The van der Waals surface area contributed by atoms with Crippen LogP contribution in [0.15, 0.2) is 80.4 Å². The summed E-state index contributed by atoms with van der Waals surface area (Å²) >= 11 is 1.44. The molecule has 0 N–H and O–H groups in total. The number of thioether (sulfide) groups is 1. The molecule has 0 bridgehead atoms. The molecular weight excluding hydrogens is 519 g/mol. The van der Waals surface area contributed by atoms with Crippen LogP contribution >= 0.6 is 11.8 Å². The third-order valence-electron chi connectivity index (χ3n) is 7.07. The minimum Gasteiger partial charge on any atom is -0.312 e. The first-order valence-corrected chi connectivity index (χ1v) is 13.5. The van der Waals surface area contributed by atoms with Crippen molar-refractivity contribution in [3.05, 3.63) is 81.2 Å². The van der Waals surface area contributed by atoms with Crippen LogP contribution in [-0.2, 0) is 0 Å². The van der Waals surface area contributed by atoms with E-state index in [1.807, 2.05) is 17.1 Å². The third kappa shape index (κ3) is 5.35. The molecule has 1 aromatic rings. The Balaban J connectivity index is 1.41. The maximum Gasteiger partial charge on any atom is 0.391 e. The van der Waals surface area contributed by atoms with Gasteiger partial charge in [-0.05, 0) is 61.1 Å². The maximum atomic E-state index is 15.0. The molecule has 0 amide bonds. The number of allylic oxidation sites excluding steroid dienone is 5. The van der Waals surface area contributed by atoms with Gasteiger partial charge in [0.2, 0.25) is 0 Å². The monoisotopic (exact) mass is 544 g/mol. The molecule has 4 aliphatic rings. The smallest absolute Gasteiger partial charge is 0.312 e. The van der Waals surface area contributed by atoms with Gasteiger partial charge in [0, 0.05) is 23.1 Å². The average molecular weight is 545 g/mol. The number of fused-ring (bicyclic) bond motifs is 1. The molecule has 0 saturated heterocycles. The number of nitriles is 1. The fourth-order valence-electron chi connectivity index (χ4n) is 4.81. The lowest BCUT2D eigenvalue weighted by Gasteiger charge is -2.29. The van der Waals surface area contributed by atoms with Crippen molar-refractivity contribution in [2.24, 2.45) is 16.8 Å². The van der Waals surface area contributed by atoms with Gasteiger partial charge in [-0.25, -0.2) is 13.8 Å². The Bertz CT molecular complexity index is 1340. The average Bonchev–Trinajstić information content (AvgIpc) is 3.68. The van der Waals surface area contributed by atoms with Gasteiger partial charge in [0.25, 0.3) is 0 Å². The quantitative estimate of drug-likeness (QED) is 0.261. The Kier molecular flexibility index (Phi) is 7.32. The minimum absolute atomic E-state index is 0.0663. The summed E-state index contributed by atoms with van der Waals surface area (Å²) in [6.07, 6.45) is 6.44. The Hall–Kier alpha value is -3.19. The number of alkyl halides is 3. The van der Waals surface area contributed by atoms with Gasteiger partial charge in [-0.2, -0.15) is 18.4 Å². The SMILES string of the molecule is C[C@H](CCCSC1=CCC(=C2C(C#N)=C3C=C(F)C(C4CC4)=CC3N2c2ccc(F)cn2)N=C1)C(F)(F)F. The van der Waals surface area contributed by atoms with Crippen molar-refractivity contribution in [3.8, 4) is 6.07 Å². The fraction of sp³-hybridized carbons (Fsp3) is 0.393. The van der Waals surface area contributed by atoms with Crippen molar-refractivity contribution < 1.29 is 22.0 Å². The molecule has 198 valence electrons. The highest BCUT2D eigenvalue weighted by molar-refractivity contribution is 8.03. The second-order valence-corrected chi connectivity index (χ2v) is 10.9. The van der Waals surface area contributed by atoms with Gasteiger partial charge in [-0.3, -0.25) is 4.99 Å². The number of hydrogen-bond donors (Lipinski definition) is 0.